The lowest BCUT2D eigenvalue weighted by molar-refractivity contribution is -0.147. The third-order valence-corrected chi connectivity index (χ3v) is 4.09. The monoisotopic (exact) mass is 246 g/mol. The summed E-state index contributed by atoms with van der Waals surface area (Å²) in [6.07, 6.45) is 5.76. The second-order valence-corrected chi connectivity index (χ2v) is 5.29. The van der Waals surface area contributed by atoms with Gasteiger partial charge in [0.05, 0.1) is 0 Å². The Hall–Kier alpha value is -0.280. The quantitative estimate of drug-likeness (QED) is 0.806. The lowest BCUT2D eigenvalue weighted by atomic mass is 9.69. The van der Waals surface area contributed by atoms with Crippen LogP contribution in [0.1, 0.15) is 39.0 Å². The van der Waals surface area contributed by atoms with E-state index in [1.807, 2.05) is 7.05 Å². The molecule has 0 aromatic heterocycles. The molecule has 2 fully saturated rings. The van der Waals surface area contributed by atoms with Gasteiger partial charge in [0, 0.05) is 24.5 Å². The third kappa shape index (κ3) is 2.51. The van der Waals surface area contributed by atoms with Crippen molar-refractivity contribution < 1.29 is 4.79 Å². The van der Waals surface area contributed by atoms with E-state index >= 15 is 0 Å². The average Bonchev–Trinajstić information content (AvgIpc) is 2.25. The van der Waals surface area contributed by atoms with E-state index < -0.39 is 0 Å². The Bertz CT molecular complexity index is 253. The summed E-state index contributed by atoms with van der Waals surface area (Å²) >= 11 is 0. The molecule has 0 radical (unpaired) electrons. The number of carbonyl (C=O) groups excluding carboxylic acids is 1. The van der Waals surface area contributed by atoms with Crippen molar-refractivity contribution in [2.45, 2.75) is 45.1 Å². The molecule has 1 aliphatic heterocycles. The predicted octanol–water partition coefficient (Wildman–Crippen LogP) is 1.81. The van der Waals surface area contributed by atoms with Gasteiger partial charge in [-0.15, -0.1) is 12.4 Å². The molecule has 1 saturated heterocycles. The molecule has 0 aromatic rings. The van der Waals surface area contributed by atoms with Gasteiger partial charge in [0.2, 0.25) is 5.91 Å². The van der Waals surface area contributed by atoms with Crippen molar-refractivity contribution in [1.29, 1.82) is 0 Å². The van der Waals surface area contributed by atoms with Gasteiger partial charge in [-0.1, -0.05) is 13.3 Å². The van der Waals surface area contributed by atoms with E-state index in [1.54, 1.807) is 0 Å². The number of likely N-dealkylation sites (tertiary alicyclic amines) is 1. The summed E-state index contributed by atoms with van der Waals surface area (Å²) in [6, 6.07) is 0.506. The maximum atomic E-state index is 12.3. The molecule has 1 aliphatic carbocycles. The number of likely N-dealkylation sites (N-methyl/N-ethyl adjacent to an activating group) is 1. The average molecular weight is 247 g/mol. The van der Waals surface area contributed by atoms with Gasteiger partial charge in [-0.2, -0.15) is 0 Å². The van der Waals surface area contributed by atoms with Crippen LogP contribution in [0, 0.1) is 5.41 Å². The van der Waals surface area contributed by atoms with Gasteiger partial charge in [0.15, 0.2) is 0 Å². The van der Waals surface area contributed by atoms with Gasteiger partial charge in [-0.3, -0.25) is 4.79 Å². The first-order chi connectivity index (χ1) is 7.15. The number of rotatable bonds is 2. The Balaban J connectivity index is 0.00000128. The normalized spacial score (nSPS) is 27.9. The van der Waals surface area contributed by atoms with E-state index in [0.29, 0.717) is 11.9 Å². The molecule has 2 rings (SSSR count). The molecule has 0 aromatic carbocycles. The molecule has 16 heavy (non-hydrogen) atoms. The summed E-state index contributed by atoms with van der Waals surface area (Å²) in [6.45, 7) is 4.00. The van der Waals surface area contributed by atoms with Crippen molar-refractivity contribution in [3.05, 3.63) is 0 Å². The SMILES string of the molecule is CNC1CCCN(C(=O)C2(C)CCC2)C1.Cl. The molecule has 1 heterocycles. The number of carbonyl (C=O) groups is 1. The first kappa shape index (κ1) is 13.8. The van der Waals surface area contributed by atoms with Crippen LogP contribution >= 0.6 is 12.4 Å². The van der Waals surface area contributed by atoms with Crippen LogP contribution in [0.5, 0.6) is 0 Å². The summed E-state index contributed by atoms with van der Waals surface area (Å²) in [5.41, 5.74) is -0.0182. The molecule has 3 nitrogen and oxygen atoms in total. The number of amides is 1. The van der Waals surface area contributed by atoms with Crippen LogP contribution in [0.15, 0.2) is 0 Å². The van der Waals surface area contributed by atoms with E-state index in [4.69, 9.17) is 0 Å². The maximum Gasteiger partial charge on any atom is 0.228 e. The molecule has 2 aliphatic rings. The molecular formula is C12H23ClN2O. The molecular weight excluding hydrogens is 224 g/mol. The van der Waals surface area contributed by atoms with Gasteiger partial charge < -0.3 is 10.2 Å². The maximum absolute atomic E-state index is 12.3. The Morgan fingerprint density at radius 3 is 2.56 bits per heavy atom. The molecule has 1 amide bonds. The zero-order chi connectivity index (χ0) is 10.9. The smallest absolute Gasteiger partial charge is 0.228 e. The first-order valence-corrected chi connectivity index (χ1v) is 6.12. The Morgan fingerprint density at radius 2 is 2.06 bits per heavy atom. The fraction of sp³-hybridized carbons (Fsp3) is 0.917. The molecule has 0 bridgehead atoms. The van der Waals surface area contributed by atoms with E-state index in [0.717, 1.165) is 32.4 Å². The number of hydrogen-bond donors (Lipinski definition) is 1. The predicted molar refractivity (Wildman–Crippen MR) is 67.9 cm³/mol. The van der Waals surface area contributed by atoms with Gasteiger partial charge in [0.1, 0.15) is 0 Å². The molecule has 1 N–H and O–H groups in total. The summed E-state index contributed by atoms with van der Waals surface area (Å²) in [7, 11) is 1.99. The summed E-state index contributed by atoms with van der Waals surface area (Å²) in [5, 5.41) is 3.28. The standard InChI is InChI=1S/C12H22N2O.ClH/c1-12(6-4-7-12)11(15)14-8-3-5-10(9-14)13-2;/h10,13H,3-9H2,1-2H3;1H. The van der Waals surface area contributed by atoms with Crippen molar-refractivity contribution in [3.63, 3.8) is 0 Å². The summed E-state index contributed by atoms with van der Waals surface area (Å²) < 4.78 is 0. The molecule has 1 atom stereocenters. The van der Waals surface area contributed by atoms with E-state index in [1.165, 1.54) is 12.8 Å². The van der Waals surface area contributed by atoms with Crippen LogP contribution in [-0.2, 0) is 4.79 Å². The second kappa shape index (κ2) is 5.37. The van der Waals surface area contributed by atoms with E-state index in [9.17, 15) is 4.79 Å². The van der Waals surface area contributed by atoms with Crippen LogP contribution in [-0.4, -0.2) is 37.0 Å². The third-order valence-electron chi connectivity index (χ3n) is 4.09. The highest BCUT2D eigenvalue weighted by molar-refractivity contribution is 5.85. The summed E-state index contributed by atoms with van der Waals surface area (Å²) in [4.78, 5) is 14.3. The van der Waals surface area contributed by atoms with E-state index in [-0.39, 0.29) is 17.8 Å². The van der Waals surface area contributed by atoms with Gasteiger partial charge >= 0.3 is 0 Å². The first-order valence-electron chi connectivity index (χ1n) is 6.12. The van der Waals surface area contributed by atoms with Crippen molar-refractivity contribution in [1.82, 2.24) is 10.2 Å². The van der Waals surface area contributed by atoms with Gasteiger partial charge in [-0.25, -0.2) is 0 Å². The topological polar surface area (TPSA) is 32.3 Å². The molecule has 4 heteroatoms. The highest BCUT2D eigenvalue weighted by Gasteiger charge is 2.42. The number of piperidine rings is 1. The zero-order valence-corrected chi connectivity index (χ0v) is 11.1. The molecule has 0 spiro atoms. The van der Waals surface area contributed by atoms with Gasteiger partial charge in [-0.05, 0) is 32.7 Å². The number of nitrogens with zero attached hydrogens (tertiary/aromatic N) is 1. The Labute approximate surface area is 104 Å². The fourth-order valence-electron chi connectivity index (χ4n) is 2.70. The Kier molecular flexibility index (Phi) is 4.62. The van der Waals surface area contributed by atoms with Gasteiger partial charge in [0.25, 0.3) is 0 Å². The fourth-order valence-corrected chi connectivity index (χ4v) is 2.70. The number of nitrogens with one attached hydrogen (secondary N) is 1. The Morgan fingerprint density at radius 1 is 1.38 bits per heavy atom. The largest absolute Gasteiger partial charge is 0.341 e. The minimum absolute atomic E-state index is 0. The van der Waals surface area contributed by atoms with Crippen molar-refractivity contribution in [2.75, 3.05) is 20.1 Å². The summed E-state index contributed by atoms with van der Waals surface area (Å²) in [5.74, 6) is 0.397. The minimum atomic E-state index is -0.0182. The van der Waals surface area contributed by atoms with Crippen LogP contribution in [0.2, 0.25) is 0 Å². The van der Waals surface area contributed by atoms with Crippen LogP contribution in [0.25, 0.3) is 0 Å². The number of halogens is 1. The zero-order valence-electron chi connectivity index (χ0n) is 10.3. The lowest BCUT2D eigenvalue weighted by Crippen LogP contribution is -2.53. The van der Waals surface area contributed by atoms with Crippen molar-refractivity contribution >= 4 is 18.3 Å². The minimum Gasteiger partial charge on any atom is -0.341 e. The lowest BCUT2D eigenvalue weighted by Gasteiger charge is -2.43. The second-order valence-electron chi connectivity index (χ2n) is 5.29. The highest BCUT2D eigenvalue weighted by Crippen LogP contribution is 2.42. The van der Waals surface area contributed by atoms with Crippen LogP contribution in [0.4, 0.5) is 0 Å². The molecule has 1 unspecified atom stereocenters. The number of hydrogen-bond acceptors (Lipinski definition) is 2. The van der Waals surface area contributed by atoms with Crippen LogP contribution < -0.4 is 5.32 Å². The van der Waals surface area contributed by atoms with E-state index in [2.05, 4.69) is 17.1 Å². The van der Waals surface area contributed by atoms with Crippen molar-refractivity contribution in [3.8, 4) is 0 Å². The highest BCUT2D eigenvalue weighted by atomic mass is 35.5. The van der Waals surface area contributed by atoms with Crippen LogP contribution in [0.3, 0.4) is 0 Å². The molecule has 1 saturated carbocycles. The molecule has 94 valence electrons. The van der Waals surface area contributed by atoms with Crippen molar-refractivity contribution in [2.24, 2.45) is 5.41 Å².